The Hall–Kier alpha value is -1.84. The van der Waals surface area contributed by atoms with E-state index in [0.717, 1.165) is 23.3 Å². The summed E-state index contributed by atoms with van der Waals surface area (Å²) in [5.74, 6) is 0.445. The lowest BCUT2D eigenvalue weighted by Gasteiger charge is -2.27. The molecule has 0 aliphatic carbocycles. The van der Waals surface area contributed by atoms with Gasteiger partial charge in [-0.2, -0.15) is 0 Å². The van der Waals surface area contributed by atoms with Crippen LogP contribution in [0.3, 0.4) is 0 Å². The van der Waals surface area contributed by atoms with E-state index in [-0.39, 0.29) is 12.0 Å². The van der Waals surface area contributed by atoms with E-state index in [1.807, 2.05) is 28.8 Å². The minimum atomic E-state index is -0.835. The van der Waals surface area contributed by atoms with E-state index < -0.39 is 5.97 Å². The Bertz CT molecular complexity index is 623. The quantitative estimate of drug-likeness (QED) is 0.930. The molecule has 0 aliphatic heterocycles. The minimum absolute atomic E-state index is 0.0350. The van der Waals surface area contributed by atoms with E-state index >= 15 is 0 Å². The molecule has 0 bridgehead atoms. The summed E-state index contributed by atoms with van der Waals surface area (Å²) in [7, 11) is 0. The van der Waals surface area contributed by atoms with Crippen molar-refractivity contribution in [3.05, 3.63) is 30.1 Å². The van der Waals surface area contributed by atoms with Crippen LogP contribution in [-0.4, -0.2) is 20.6 Å². The third kappa shape index (κ3) is 3.00. The third-order valence-electron chi connectivity index (χ3n) is 3.99. The summed E-state index contributed by atoms with van der Waals surface area (Å²) in [6.07, 6.45) is 0.783. The fraction of sp³-hybridized carbons (Fsp3) is 0.500. The molecule has 4 nitrogen and oxygen atoms in total. The lowest BCUT2D eigenvalue weighted by atomic mass is 9.80. The van der Waals surface area contributed by atoms with E-state index in [2.05, 4.69) is 32.7 Å². The van der Waals surface area contributed by atoms with E-state index in [4.69, 9.17) is 5.11 Å². The van der Waals surface area contributed by atoms with Gasteiger partial charge in [-0.1, -0.05) is 39.8 Å². The van der Waals surface area contributed by atoms with Crippen molar-refractivity contribution < 1.29 is 9.90 Å². The van der Waals surface area contributed by atoms with Crippen LogP contribution in [0, 0.1) is 11.3 Å². The second-order valence-corrected chi connectivity index (χ2v) is 6.47. The number of hydrogen-bond donors (Lipinski definition) is 1. The Morgan fingerprint density at radius 2 is 2.00 bits per heavy atom. The molecule has 1 heterocycles. The molecule has 0 fully saturated rings. The van der Waals surface area contributed by atoms with Crippen molar-refractivity contribution >= 4 is 17.0 Å². The highest BCUT2D eigenvalue weighted by Crippen LogP contribution is 2.29. The zero-order chi connectivity index (χ0) is 14.9. The fourth-order valence-electron chi connectivity index (χ4n) is 2.17. The van der Waals surface area contributed by atoms with Crippen LogP contribution in [0.4, 0.5) is 0 Å². The molecule has 0 spiro atoms. The lowest BCUT2D eigenvalue weighted by molar-refractivity contribution is -0.137. The summed E-state index contributed by atoms with van der Waals surface area (Å²) in [4.78, 5) is 15.7. The van der Waals surface area contributed by atoms with Crippen molar-refractivity contribution in [2.24, 2.45) is 11.3 Å². The molecule has 1 N–H and O–H groups in total. The average Bonchev–Trinajstić information content (AvgIpc) is 2.66. The highest BCUT2D eigenvalue weighted by atomic mass is 16.4. The molecule has 108 valence electrons. The van der Waals surface area contributed by atoms with Crippen LogP contribution in [-0.2, 0) is 17.8 Å². The highest BCUT2D eigenvalue weighted by Gasteiger charge is 2.23. The second-order valence-electron chi connectivity index (χ2n) is 6.47. The van der Waals surface area contributed by atoms with E-state index in [0.29, 0.717) is 5.92 Å². The van der Waals surface area contributed by atoms with Gasteiger partial charge < -0.3 is 9.67 Å². The standard InChI is InChI=1S/C16H22N2O2/c1-11(16(2,3)4)9-14-17-12-7-5-6-8-13(12)18(14)10-15(19)20/h5-8,11H,9-10H2,1-4H3,(H,19,20). The molecule has 0 saturated carbocycles. The first-order chi connectivity index (χ1) is 9.29. The van der Waals surface area contributed by atoms with Gasteiger partial charge in [0.1, 0.15) is 12.4 Å². The number of benzene rings is 1. The predicted molar refractivity (Wildman–Crippen MR) is 79.7 cm³/mol. The van der Waals surface area contributed by atoms with Crippen LogP contribution in [0.5, 0.6) is 0 Å². The summed E-state index contributed by atoms with van der Waals surface area (Å²) < 4.78 is 1.82. The molecule has 1 unspecified atom stereocenters. The van der Waals surface area contributed by atoms with Crippen molar-refractivity contribution in [3.63, 3.8) is 0 Å². The molecule has 2 aromatic rings. The van der Waals surface area contributed by atoms with Crippen molar-refractivity contribution in [1.82, 2.24) is 9.55 Å². The summed E-state index contributed by atoms with van der Waals surface area (Å²) in [5, 5.41) is 9.11. The van der Waals surface area contributed by atoms with Gasteiger partial charge in [-0.15, -0.1) is 0 Å². The van der Waals surface area contributed by atoms with Crippen LogP contribution in [0.15, 0.2) is 24.3 Å². The molecular formula is C16H22N2O2. The Morgan fingerprint density at radius 3 is 2.60 bits per heavy atom. The Labute approximate surface area is 119 Å². The number of fused-ring (bicyclic) bond motifs is 1. The summed E-state index contributed by atoms with van der Waals surface area (Å²) in [5.41, 5.74) is 1.93. The van der Waals surface area contributed by atoms with Crippen molar-refractivity contribution in [1.29, 1.82) is 0 Å². The van der Waals surface area contributed by atoms with Gasteiger partial charge in [-0.05, 0) is 23.5 Å². The van der Waals surface area contributed by atoms with Gasteiger partial charge in [-0.3, -0.25) is 4.79 Å². The van der Waals surface area contributed by atoms with E-state index in [9.17, 15) is 4.79 Å². The van der Waals surface area contributed by atoms with Gasteiger partial charge in [0.15, 0.2) is 0 Å². The van der Waals surface area contributed by atoms with Gasteiger partial charge in [0, 0.05) is 6.42 Å². The molecule has 4 heteroatoms. The first kappa shape index (κ1) is 14.6. The van der Waals surface area contributed by atoms with Gasteiger partial charge >= 0.3 is 5.97 Å². The monoisotopic (exact) mass is 274 g/mol. The maximum atomic E-state index is 11.1. The molecule has 1 aromatic heterocycles. The number of aromatic nitrogens is 2. The molecule has 1 atom stereocenters. The van der Waals surface area contributed by atoms with Crippen molar-refractivity contribution in [3.8, 4) is 0 Å². The third-order valence-corrected chi connectivity index (χ3v) is 3.99. The van der Waals surface area contributed by atoms with Crippen LogP contribution in [0.2, 0.25) is 0 Å². The molecule has 0 amide bonds. The van der Waals surface area contributed by atoms with Gasteiger partial charge in [0.2, 0.25) is 0 Å². The number of rotatable bonds is 4. The smallest absolute Gasteiger partial charge is 0.323 e. The van der Waals surface area contributed by atoms with Crippen molar-refractivity contribution in [2.45, 2.75) is 40.7 Å². The largest absolute Gasteiger partial charge is 0.480 e. The number of carboxylic acids is 1. The summed E-state index contributed by atoms with van der Waals surface area (Å²) in [6.45, 7) is 8.74. The molecule has 0 radical (unpaired) electrons. The molecule has 0 aliphatic rings. The number of aliphatic carboxylic acids is 1. The van der Waals surface area contributed by atoms with Crippen molar-refractivity contribution in [2.75, 3.05) is 0 Å². The molecule has 20 heavy (non-hydrogen) atoms. The Balaban J connectivity index is 2.43. The number of hydrogen-bond acceptors (Lipinski definition) is 2. The number of nitrogens with zero attached hydrogens (tertiary/aromatic N) is 2. The van der Waals surface area contributed by atoms with E-state index in [1.54, 1.807) is 0 Å². The predicted octanol–water partition coefficient (Wildman–Crippen LogP) is 3.35. The normalized spacial score (nSPS) is 13.6. The Kier molecular flexibility index (Phi) is 3.84. The number of para-hydroxylation sites is 2. The summed E-state index contributed by atoms with van der Waals surface area (Å²) >= 11 is 0. The molecular weight excluding hydrogens is 252 g/mol. The van der Waals surface area contributed by atoms with E-state index in [1.165, 1.54) is 0 Å². The van der Waals surface area contributed by atoms with Crippen LogP contribution in [0.25, 0.3) is 11.0 Å². The first-order valence-electron chi connectivity index (χ1n) is 6.95. The van der Waals surface area contributed by atoms with Gasteiger partial charge in [-0.25, -0.2) is 4.98 Å². The topological polar surface area (TPSA) is 55.1 Å². The number of imidazole rings is 1. The van der Waals surface area contributed by atoms with Crippen LogP contribution < -0.4 is 0 Å². The minimum Gasteiger partial charge on any atom is -0.480 e. The summed E-state index contributed by atoms with van der Waals surface area (Å²) in [6, 6.07) is 7.70. The Morgan fingerprint density at radius 1 is 1.35 bits per heavy atom. The zero-order valence-corrected chi connectivity index (χ0v) is 12.6. The van der Waals surface area contributed by atoms with Crippen LogP contribution >= 0.6 is 0 Å². The highest BCUT2D eigenvalue weighted by molar-refractivity contribution is 5.78. The molecule has 0 saturated heterocycles. The lowest BCUT2D eigenvalue weighted by Crippen LogP contribution is -2.22. The SMILES string of the molecule is CC(Cc1nc2ccccc2n1CC(=O)O)C(C)(C)C. The molecule has 1 aromatic carbocycles. The fourth-order valence-corrected chi connectivity index (χ4v) is 2.17. The number of carboxylic acid groups (broad SMARTS) is 1. The zero-order valence-electron chi connectivity index (χ0n) is 12.6. The first-order valence-corrected chi connectivity index (χ1v) is 6.95. The maximum absolute atomic E-state index is 11.1. The second kappa shape index (κ2) is 5.27. The maximum Gasteiger partial charge on any atom is 0.323 e. The molecule has 2 rings (SSSR count). The average molecular weight is 274 g/mol. The van der Waals surface area contributed by atoms with Gasteiger partial charge in [0.05, 0.1) is 11.0 Å². The van der Waals surface area contributed by atoms with Gasteiger partial charge in [0.25, 0.3) is 0 Å². The van der Waals surface area contributed by atoms with Crippen LogP contribution in [0.1, 0.15) is 33.5 Å². The number of carbonyl (C=O) groups is 1.